The van der Waals surface area contributed by atoms with Crippen molar-refractivity contribution in [1.29, 1.82) is 0 Å². The summed E-state index contributed by atoms with van der Waals surface area (Å²) in [6, 6.07) is 4.10. The van der Waals surface area contributed by atoms with E-state index in [1.165, 1.54) is 31.0 Å². The molecule has 1 aliphatic rings. The minimum Gasteiger partial charge on any atom is -0.393 e. The first kappa shape index (κ1) is 13.3. The van der Waals surface area contributed by atoms with Crippen LogP contribution in [-0.2, 0) is 0 Å². The molecule has 2 rings (SSSR count). The van der Waals surface area contributed by atoms with Gasteiger partial charge in [-0.15, -0.1) is 0 Å². The first-order chi connectivity index (χ1) is 9.08. The van der Waals surface area contributed by atoms with Crippen molar-refractivity contribution in [1.82, 2.24) is 5.32 Å². The van der Waals surface area contributed by atoms with Crippen LogP contribution in [0.2, 0.25) is 0 Å². The Labute approximate surface area is 111 Å². The van der Waals surface area contributed by atoms with E-state index in [0.29, 0.717) is 6.54 Å². The van der Waals surface area contributed by atoms with E-state index in [9.17, 15) is 14.9 Å². The number of nitrogen functional groups attached to an aromatic ring is 1. The Morgan fingerprint density at radius 3 is 2.84 bits per heavy atom. The molecule has 1 saturated carbocycles. The van der Waals surface area contributed by atoms with Crippen LogP contribution >= 0.6 is 0 Å². The topological polar surface area (TPSA) is 98.3 Å². The highest BCUT2D eigenvalue weighted by molar-refractivity contribution is 5.95. The van der Waals surface area contributed by atoms with Crippen molar-refractivity contribution in [3.05, 3.63) is 33.9 Å². The van der Waals surface area contributed by atoms with E-state index in [1.54, 1.807) is 0 Å². The molecule has 0 aromatic heterocycles. The lowest BCUT2D eigenvalue weighted by Gasteiger charge is -2.05. The van der Waals surface area contributed by atoms with E-state index in [2.05, 4.69) is 5.32 Å². The molecule has 0 spiro atoms. The molecule has 1 fully saturated rings. The Balaban J connectivity index is 1.90. The SMILES string of the molecule is Nc1ccc(C(=O)NCCCC2CC2)cc1[N+](=O)[O-]. The number of carbonyl (C=O) groups excluding carboxylic acids is 1. The first-order valence-electron chi connectivity index (χ1n) is 6.40. The summed E-state index contributed by atoms with van der Waals surface area (Å²) < 4.78 is 0. The number of nitro benzene ring substituents is 1. The molecule has 0 radical (unpaired) electrons. The number of nitrogens with zero attached hydrogens (tertiary/aromatic N) is 1. The average Bonchev–Trinajstić information content (AvgIpc) is 3.18. The summed E-state index contributed by atoms with van der Waals surface area (Å²) in [7, 11) is 0. The molecule has 1 amide bonds. The number of nitrogens with one attached hydrogen (secondary N) is 1. The number of benzene rings is 1. The number of anilines is 1. The van der Waals surface area contributed by atoms with Gasteiger partial charge in [-0.3, -0.25) is 14.9 Å². The zero-order valence-electron chi connectivity index (χ0n) is 10.6. The van der Waals surface area contributed by atoms with Gasteiger partial charge in [0.15, 0.2) is 0 Å². The van der Waals surface area contributed by atoms with Gasteiger partial charge in [0, 0.05) is 18.2 Å². The fourth-order valence-corrected chi connectivity index (χ4v) is 1.94. The van der Waals surface area contributed by atoms with Gasteiger partial charge in [-0.1, -0.05) is 12.8 Å². The van der Waals surface area contributed by atoms with Crippen LogP contribution in [0.5, 0.6) is 0 Å². The van der Waals surface area contributed by atoms with Crippen LogP contribution in [0.1, 0.15) is 36.0 Å². The number of hydrogen-bond acceptors (Lipinski definition) is 4. The van der Waals surface area contributed by atoms with Crippen LogP contribution in [0.15, 0.2) is 18.2 Å². The number of carbonyl (C=O) groups is 1. The maximum atomic E-state index is 11.8. The van der Waals surface area contributed by atoms with E-state index in [0.717, 1.165) is 18.8 Å². The number of amides is 1. The van der Waals surface area contributed by atoms with E-state index in [1.807, 2.05) is 0 Å². The standard InChI is InChI=1S/C13H17N3O3/c14-11-6-5-10(8-12(11)16(18)19)13(17)15-7-1-2-9-3-4-9/h5-6,8-9H,1-4,7,14H2,(H,15,17). The summed E-state index contributed by atoms with van der Waals surface area (Å²) in [4.78, 5) is 22.0. The van der Waals surface area contributed by atoms with E-state index in [4.69, 9.17) is 5.73 Å². The second-order valence-electron chi connectivity index (χ2n) is 4.87. The normalized spacial score (nSPS) is 14.1. The lowest BCUT2D eigenvalue weighted by molar-refractivity contribution is -0.383. The average molecular weight is 263 g/mol. The summed E-state index contributed by atoms with van der Waals surface area (Å²) >= 11 is 0. The number of hydrogen-bond donors (Lipinski definition) is 2. The molecule has 0 heterocycles. The molecule has 0 bridgehead atoms. The molecule has 6 heteroatoms. The van der Waals surface area contributed by atoms with E-state index < -0.39 is 4.92 Å². The Morgan fingerprint density at radius 2 is 2.21 bits per heavy atom. The maximum absolute atomic E-state index is 11.8. The largest absolute Gasteiger partial charge is 0.393 e. The molecule has 1 aromatic carbocycles. The van der Waals surface area contributed by atoms with Gasteiger partial charge in [0.05, 0.1) is 4.92 Å². The zero-order chi connectivity index (χ0) is 13.8. The molecule has 1 aromatic rings. The Bertz CT molecular complexity index is 498. The monoisotopic (exact) mass is 263 g/mol. The highest BCUT2D eigenvalue weighted by Gasteiger charge is 2.20. The molecular weight excluding hydrogens is 246 g/mol. The predicted octanol–water partition coefficient (Wildman–Crippen LogP) is 2.10. The molecule has 0 unspecified atom stereocenters. The fourth-order valence-electron chi connectivity index (χ4n) is 1.94. The molecule has 3 N–H and O–H groups in total. The number of rotatable bonds is 6. The van der Waals surface area contributed by atoms with Crippen molar-refractivity contribution in [2.45, 2.75) is 25.7 Å². The van der Waals surface area contributed by atoms with Gasteiger partial charge in [-0.25, -0.2) is 0 Å². The second-order valence-corrected chi connectivity index (χ2v) is 4.87. The minimum absolute atomic E-state index is 0.0651. The summed E-state index contributed by atoms with van der Waals surface area (Å²) in [5.41, 5.74) is 5.58. The van der Waals surface area contributed by atoms with Gasteiger partial charge in [0.1, 0.15) is 5.69 Å². The number of nitro groups is 1. The highest BCUT2D eigenvalue weighted by Crippen LogP contribution is 2.33. The Kier molecular flexibility index (Phi) is 3.99. The van der Waals surface area contributed by atoms with Gasteiger partial charge in [0.25, 0.3) is 11.6 Å². The number of nitrogens with two attached hydrogens (primary N) is 1. The van der Waals surface area contributed by atoms with Crippen molar-refractivity contribution in [2.75, 3.05) is 12.3 Å². The summed E-state index contributed by atoms with van der Waals surface area (Å²) in [6.45, 7) is 0.605. The molecular formula is C13H17N3O3. The van der Waals surface area contributed by atoms with Gasteiger partial charge >= 0.3 is 0 Å². The maximum Gasteiger partial charge on any atom is 0.292 e. The van der Waals surface area contributed by atoms with Crippen molar-refractivity contribution in [3.63, 3.8) is 0 Å². The molecule has 0 atom stereocenters. The summed E-state index contributed by atoms with van der Waals surface area (Å²) in [5.74, 6) is 0.549. The summed E-state index contributed by atoms with van der Waals surface area (Å²) in [5, 5.41) is 13.5. The van der Waals surface area contributed by atoms with Gasteiger partial charge < -0.3 is 11.1 Å². The van der Waals surface area contributed by atoms with E-state index in [-0.39, 0.29) is 22.8 Å². The highest BCUT2D eigenvalue weighted by atomic mass is 16.6. The molecule has 0 saturated heterocycles. The van der Waals surface area contributed by atoms with Crippen LogP contribution in [-0.4, -0.2) is 17.4 Å². The third kappa shape index (κ3) is 3.67. The van der Waals surface area contributed by atoms with Gasteiger partial charge in [-0.2, -0.15) is 0 Å². The van der Waals surface area contributed by atoms with Gasteiger partial charge in [-0.05, 0) is 30.9 Å². The summed E-state index contributed by atoms with van der Waals surface area (Å²) in [6.07, 6.45) is 4.70. The van der Waals surface area contributed by atoms with Crippen LogP contribution in [0.4, 0.5) is 11.4 Å². The Morgan fingerprint density at radius 1 is 1.47 bits per heavy atom. The molecule has 102 valence electrons. The third-order valence-corrected chi connectivity index (χ3v) is 3.26. The third-order valence-electron chi connectivity index (χ3n) is 3.26. The quantitative estimate of drug-likeness (QED) is 0.355. The second kappa shape index (κ2) is 5.69. The Hall–Kier alpha value is -2.11. The molecule has 6 nitrogen and oxygen atoms in total. The van der Waals surface area contributed by atoms with Gasteiger partial charge in [0.2, 0.25) is 0 Å². The predicted molar refractivity (Wildman–Crippen MR) is 71.8 cm³/mol. The van der Waals surface area contributed by atoms with Crippen LogP contribution in [0.25, 0.3) is 0 Å². The van der Waals surface area contributed by atoms with Crippen molar-refractivity contribution in [2.24, 2.45) is 5.92 Å². The van der Waals surface area contributed by atoms with Crippen molar-refractivity contribution in [3.8, 4) is 0 Å². The van der Waals surface area contributed by atoms with Crippen LogP contribution in [0, 0.1) is 16.0 Å². The minimum atomic E-state index is -0.584. The van der Waals surface area contributed by atoms with Crippen LogP contribution in [0.3, 0.4) is 0 Å². The van der Waals surface area contributed by atoms with Crippen molar-refractivity contribution >= 4 is 17.3 Å². The lowest BCUT2D eigenvalue weighted by Crippen LogP contribution is -2.24. The molecule has 19 heavy (non-hydrogen) atoms. The zero-order valence-corrected chi connectivity index (χ0v) is 10.6. The fraction of sp³-hybridized carbons (Fsp3) is 0.462. The lowest BCUT2D eigenvalue weighted by atomic mass is 10.1. The van der Waals surface area contributed by atoms with Crippen LogP contribution < -0.4 is 11.1 Å². The smallest absolute Gasteiger partial charge is 0.292 e. The molecule has 0 aliphatic heterocycles. The first-order valence-corrected chi connectivity index (χ1v) is 6.40. The van der Waals surface area contributed by atoms with Crippen molar-refractivity contribution < 1.29 is 9.72 Å². The van der Waals surface area contributed by atoms with E-state index >= 15 is 0 Å². The molecule has 1 aliphatic carbocycles.